The molecule has 0 bridgehead atoms. The number of halogens is 1. The van der Waals surface area contributed by atoms with Crippen LogP contribution in [0.15, 0.2) is 24.3 Å². The Morgan fingerprint density at radius 3 is 2.36 bits per heavy atom. The van der Waals surface area contributed by atoms with Gasteiger partial charge in [0.15, 0.2) is 11.4 Å². The van der Waals surface area contributed by atoms with Crippen molar-refractivity contribution in [3.8, 4) is 0 Å². The van der Waals surface area contributed by atoms with Gasteiger partial charge in [0, 0.05) is 9.13 Å². The van der Waals surface area contributed by atoms with Gasteiger partial charge in [-0.1, -0.05) is 30.4 Å². The summed E-state index contributed by atoms with van der Waals surface area (Å²) >= 11 is 6.44. The molecule has 22 heavy (non-hydrogen) atoms. The van der Waals surface area contributed by atoms with Gasteiger partial charge in [-0.05, 0) is 28.7 Å². The third kappa shape index (κ3) is 3.62. The van der Waals surface area contributed by atoms with Gasteiger partial charge in [-0.15, -0.1) is 0 Å². The number of Topliss-reactive ketones (excluding diaryl/α,β-unsaturated/α-hetero) is 1. The number of ketones is 1. The Balaban J connectivity index is 3.38. The summed E-state index contributed by atoms with van der Waals surface area (Å²) in [6.45, 7) is -0.886. The topological polar surface area (TPSA) is 150 Å². The van der Waals surface area contributed by atoms with Gasteiger partial charge >= 0.3 is 0 Å². The van der Waals surface area contributed by atoms with E-state index in [4.69, 9.17) is 11.5 Å². The van der Waals surface area contributed by atoms with Crippen molar-refractivity contribution < 1.29 is 25.2 Å². The van der Waals surface area contributed by atoms with Crippen LogP contribution in [0.25, 0.3) is 0 Å². The first-order valence-electron chi connectivity index (χ1n) is 6.21. The van der Waals surface area contributed by atoms with Gasteiger partial charge in [0.05, 0.1) is 6.61 Å². The SMILES string of the molecule is NC(=S)C(O)[C@H](N)C(=O)[C@](O)(c1ccccc1I)[C@H](O)CO. The monoisotopic (exact) mass is 440 g/mol. The Labute approximate surface area is 146 Å². The van der Waals surface area contributed by atoms with Gasteiger partial charge in [-0.2, -0.15) is 0 Å². The first-order valence-corrected chi connectivity index (χ1v) is 7.70. The van der Waals surface area contributed by atoms with E-state index in [0.29, 0.717) is 3.57 Å². The van der Waals surface area contributed by atoms with Crippen molar-refractivity contribution in [1.29, 1.82) is 0 Å². The molecule has 8 N–H and O–H groups in total. The number of thiocarbonyl (C=S) groups is 1. The van der Waals surface area contributed by atoms with Crippen molar-refractivity contribution in [2.24, 2.45) is 11.5 Å². The van der Waals surface area contributed by atoms with Crippen molar-refractivity contribution in [1.82, 2.24) is 0 Å². The maximum Gasteiger partial charge on any atom is 0.191 e. The summed E-state index contributed by atoms with van der Waals surface area (Å²) in [6, 6.07) is 4.59. The number of nitrogens with two attached hydrogens (primary N) is 2. The zero-order valence-corrected chi connectivity index (χ0v) is 14.4. The van der Waals surface area contributed by atoms with Crippen LogP contribution in [0.4, 0.5) is 0 Å². The highest BCUT2D eigenvalue weighted by atomic mass is 127. The molecule has 4 atom stereocenters. The fraction of sp³-hybridized carbons (Fsp3) is 0.385. The van der Waals surface area contributed by atoms with Crippen LogP contribution in [-0.4, -0.2) is 56.1 Å². The molecular weight excluding hydrogens is 423 g/mol. The quantitative estimate of drug-likeness (QED) is 0.219. The van der Waals surface area contributed by atoms with E-state index >= 15 is 0 Å². The van der Waals surface area contributed by atoms with E-state index in [2.05, 4.69) is 12.2 Å². The Morgan fingerprint density at radius 1 is 1.36 bits per heavy atom. The lowest BCUT2D eigenvalue weighted by Gasteiger charge is -2.34. The highest BCUT2D eigenvalue weighted by Gasteiger charge is 2.49. The zero-order chi connectivity index (χ0) is 17.1. The molecule has 0 aliphatic carbocycles. The molecule has 0 aromatic heterocycles. The predicted molar refractivity (Wildman–Crippen MR) is 91.9 cm³/mol. The Hall–Kier alpha value is -0.690. The molecule has 9 heteroatoms. The Kier molecular flexibility index (Phi) is 6.80. The summed E-state index contributed by atoms with van der Waals surface area (Å²) in [6.07, 6.45) is -3.50. The number of hydrogen-bond acceptors (Lipinski definition) is 7. The number of carbonyl (C=O) groups is 1. The van der Waals surface area contributed by atoms with Crippen LogP contribution in [0.5, 0.6) is 0 Å². The molecule has 0 amide bonds. The largest absolute Gasteiger partial charge is 0.394 e. The number of aliphatic hydroxyl groups is 4. The van der Waals surface area contributed by atoms with Crippen molar-refractivity contribution in [3.63, 3.8) is 0 Å². The molecular formula is C13H17IN2O5S. The molecule has 0 aliphatic rings. The fourth-order valence-electron chi connectivity index (χ4n) is 1.95. The maximum absolute atomic E-state index is 12.5. The second-order valence-electron chi connectivity index (χ2n) is 4.68. The summed E-state index contributed by atoms with van der Waals surface area (Å²) in [4.78, 5) is 12.1. The van der Waals surface area contributed by atoms with Crippen LogP contribution in [0, 0.1) is 3.57 Å². The van der Waals surface area contributed by atoms with Crippen LogP contribution < -0.4 is 11.5 Å². The summed E-state index contributed by atoms with van der Waals surface area (Å²) in [5.41, 5.74) is 8.42. The van der Waals surface area contributed by atoms with E-state index in [1.165, 1.54) is 6.07 Å². The average Bonchev–Trinajstić information content (AvgIpc) is 2.51. The lowest BCUT2D eigenvalue weighted by atomic mass is 9.80. The smallest absolute Gasteiger partial charge is 0.191 e. The average molecular weight is 440 g/mol. The van der Waals surface area contributed by atoms with Gasteiger partial charge in [-0.25, -0.2) is 0 Å². The summed E-state index contributed by atoms with van der Waals surface area (Å²) < 4.78 is 0.473. The minimum absolute atomic E-state index is 0.0627. The number of aliphatic hydroxyl groups excluding tert-OH is 3. The molecule has 0 spiro atoms. The standard InChI is InChI=1S/C13H17IN2O5S/c14-7-4-2-1-3-6(7)13(21,8(18)5-17)11(20)9(15)10(19)12(16)22/h1-4,8-10,17-19,21H,5,15H2,(H2,16,22)/t8-,9+,10?,13+/m1/s1. The lowest BCUT2D eigenvalue weighted by Crippen LogP contribution is -2.59. The Bertz CT molecular complexity index is 573. The minimum Gasteiger partial charge on any atom is -0.394 e. The second-order valence-corrected chi connectivity index (χ2v) is 6.32. The summed E-state index contributed by atoms with van der Waals surface area (Å²) in [5, 5.41) is 39.6. The van der Waals surface area contributed by atoms with Gasteiger partial charge in [-0.3, -0.25) is 4.79 Å². The molecule has 0 saturated heterocycles. The molecule has 7 nitrogen and oxygen atoms in total. The van der Waals surface area contributed by atoms with Gasteiger partial charge < -0.3 is 31.9 Å². The highest BCUT2D eigenvalue weighted by Crippen LogP contribution is 2.31. The first kappa shape index (κ1) is 19.4. The van der Waals surface area contributed by atoms with Crippen molar-refractivity contribution in [2.75, 3.05) is 6.61 Å². The molecule has 1 aromatic rings. The van der Waals surface area contributed by atoms with E-state index in [1.807, 2.05) is 22.6 Å². The third-order valence-corrected chi connectivity index (χ3v) is 4.43. The minimum atomic E-state index is -2.50. The van der Waals surface area contributed by atoms with E-state index in [9.17, 15) is 25.2 Å². The molecule has 122 valence electrons. The van der Waals surface area contributed by atoms with Gasteiger partial charge in [0.25, 0.3) is 0 Å². The van der Waals surface area contributed by atoms with Gasteiger partial charge in [0.2, 0.25) is 0 Å². The summed E-state index contributed by atoms with van der Waals surface area (Å²) in [5.74, 6) is -1.10. The lowest BCUT2D eigenvalue weighted by molar-refractivity contribution is -0.159. The van der Waals surface area contributed by atoms with E-state index in [1.54, 1.807) is 18.2 Å². The van der Waals surface area contributed by atoms with Crippen molar-refractivity contribution >= 4 is 45.6 Å². The van der Waals surface area contributed by atoms with Gasteiger partial charge in [0.1, 0.15) is 23.2 Å². The first-order chi connectivity index (χ1) is 10.2. The fourth-order valence-corrected chi connectivity index (χ4v) is 2.90. The molecule has 0 fully saturated rings. The molecule has 1 unspecified atom stereocenters. The number of hydrogen-bond donors (Lipinski definition) is 6. The molecule has 0 radical (unpaired) electrons. The van der Waals surface area contributed by atoms with E-state index < -0.39 is 41.2 Å². The number of benzene rings is 1. The van der Waals surface area contributed by atoms with Crippen LogP contribution in [0.3, 0.4) is 0 Å². The number of carbonyl (C=O) groups excluding carboxylic acids is 1. The second kappa shape index (κ2) is 7.73. The number of rotatable bonds is 7. The van der Waals surface area contributed by atoms with E-state index in [0.717, 1.165) is 0 Å². The van der Waals surface area contributed by atoms with Crippen LogP contribution in [0.2, 0.25) is 0 Å². The predicted octanol–water partition coefficient (Wildman–Crippen LogP) is -1.62. The van der Waals surface area contributed by atoms with Crippen LogP contribution in [-0.2, 0) is 10.4 Å². The highest BCUT2D eigenvalue weighted by molar-refractivity contribution is 14.1. The van der Waals surface area contributed by atoms with E-state index in [-0.39, 0.29) is 5.56 Å². The maximum atomic E-state index is 12.5. The molecule has 1 aromatic carbocycles. The Morgan fingerprint density at radius 2 is 1.91 bits per heavy atom. The summed E-state index contributed by atoms with van der Waals surface area (Å²) in [7, 11) is 0. The van der Waals surface area contributed by atoms with Crippen LogP contribution >= 0.6 is 34.8 Å². The van der Waals surface area contributed by atoms with Crippen molar-refractivity contribution in [2.45, 2.75) is 23.9 Å². The van der Waals surface area contributed by atoms with Crippen LogP contribution in [0.1, 0.15) is 5.56 Å². The molecule has 1 rings (SSSR count). The molecule has 0 heterocycles. The normalized spacial score (nSPS) is 18.1. The third-order valence-electron chi connectivity index (χ3n) is 3.25. The molecule has 0 saturated carbocycles. The van der Waals surface area contributed by atoms with Crippen molar-refractivity contribution in [3.05, 3.63) is 33.4 Å². The molecule has 0 aliphatic heterocycles. The zero-order valence-electron chi connectivity index (χ0n) is 11.4.